The van der Waals surface area contributed by atoms with E-state index in [0.29, 0.717) is 29.4 Å². The van der Waals surface area contributed by atoms with Crippen molar-refractivity contribution in [2.24, 2.45) is 12.0 Å². The Balaban J connectivity index is 1.55. The van der Waals surface area contributed by atoms with Gasteiger partial charge in [-0.2, -0.15) is 5.10 Å². The fourth-order valence-electron chi connectivity index (χ4n) is 3.09. The molecule has 0 fully saturated rings. The van der Waals surface area contributed by atoms with Gasteiger partial charge in [-0.1, -0.05) is 6.07 Å². The minimum atomic E-state index is -3.73. The Bertz CT molecular complexity index is 1170. The van der Waals surface area contributed by atoms with E-state index in [9.17, 15) is 13.2 Å². The van der Waals surface area contributed by atoms with Gasteiger partial charge in [0.1, 0.15) is 10.7 Å². The summed E-state index contributed by atoms with van der Waals surface area (Å²) in [4.78, 5) is 18.3. The first-order valence-corrected chi connectivity index (χ1v) is 11.0. The number of nitrogens with one attached hydrogen (secondary N) is 2. The molecule has 1 amide bonds. The molecule has 0 saturated carbocycles. The Hall–Kier alpha value is -2.72. The predicted octanol–water partition coefficient (Wildman–Crippen LogP) is 2.67. The molecule has 3 heterocycles. The number of anilines is 1. The van der Waals surface area contributed by atoms with Gasteiger partial charge >= 0.3 is 0 Å². The van der Waals surface area contributed by atoms with Crippen LogP contribution in [0.1, 0.15) is 28.2 Å². The van der Waals surface area contributed by atoms with Gasteiger partial charge in [-0.3, -0.25) is 19.2 Å². The number of thiophene rings is 1. The van der Waals surface area contributed by atoms with Gasteiger partial charge in [-0.15, -0.1) is 11.3 Å². The second-order valence-electron chi connectivity index (χ2n) is 6.56. The minimum absolute atomic E-state index is 0.0799. The lowest BCUT2D eigenvalue weighted by Crippen LogP contribution is -2.29. The molecule has 0 saturated heterocycles. The third-order valence-electron chi connectivity index (χ3n) is 4.45. The highest BCUT2D eigenvalue weighted by Gasteiger charge is 2.20. The molecule has 4 rings (SSSR count). The average Bonchev–Trinajstić information content (AvgIpc) is 3.35. The van der Waals surface area contributed by atoms with Crippen molar-refractivity contribution in [3.63, 3.8) is 0 Å². The van der Waals surface area contributed by atoms with E-state index in [0.717, 1.165) is 22.3 Å². The number of amides is 1. The molecule has 0 aliphatic carbocycles. The maximum absolute atomic E-state index is 12.6. The monoisotopic (exact) mass is 417 g/mol. The summed E-state index contributed by atoms with van der Waals surface area (Å²) in [6.07, 6.45) is 1.47. The average molecular weight is 418 g/mol. The molecule has 0 spiro atoms. The van der Waals surface area contributed by atoms with E-state index in [2.05, 4.69) is 20.1 Å². The van der Waals surface area contributed by atoms with Crippen LogP contribution in [0.5, 0.6) is 0 Å². The first-order chi connectivity index (χ1) is 13.3. The van der Waals surface area contributed by atoms with Crippen LogP contribution in [0, 0.1) is 6.92 Å². The normalized spacial score (nSPS) is 14.3. The predicted molar refractivity (Wildman–Crippen MR) is 110 cm³/mol. The fraction of sp³-hybridized carbons (Fsp3) is 0.278. The molecule has 28 heavy (non-hydrogen) atoms. The summed E-state index contributed by atoms with van der Waals surface area (Å²) in [6, 6.07) is 7.99. The molecule has 3 aromatic rings. The van der Waals surface area contributed by atoms with Crippen LogP contribution in [0.3, 0.4) is 0 Å². The van der Waals surface area contributed by atoms with E-state index in [1.54, 1.807) is 22.9 Å². The largest absolute Gasteiger partial charge is 0.321 e. The second-order valence-corrected chi connectivity index (χ2v) is 9.27. The SMILES string of the molecule is Cc1nn(C)c2sc(C(=O)Nc3cccc(S(=O)(=O)NC4=NCCC4)c3)cc12. The highest BCUT2D eigenvalue weighted by Crippen LogP contribution is 2.28. The van der Waals surface area contributed by atoms with Crippen molar-refractivity contribution in [1.29, 1.82) is 0 Å². The lowest BCUT2D eigenvalue weighted by atomic mass is 10.3. The van der Waals surface area contributed by atoms with Gasteiger partial charge in [0.05, 0.1) is 15.5 Å². The number of nitrogens with zero attached hydrogens (tertiary/aromatic N) is 3. The number of amidine groups is 1. The topological polar surface area (TPSA) is 105 Å². The summed E-state index contributed by atoms with van der Waals surface area (Å²) in [7, 11) is -1.89. The summed E-state index contributed by atoms with van der Waals surface area (Å²) in [5.74, 6) is 0.187. The van der Waals surface area contributed by atoms with Crippen molar-refractivity contribution < 1.29 is 13.2 Å². The minimum Gasteiger partial charge on any atom is -0.321 e. The molecule has 2 aromatic heterocycles. The number of carbonyl (C=O) groups excluding carboxylic acids is 1. The first kappa shape index (κ1) is 18.6. The Morgan fingerprint density at radius 2 is 2.11 bits per heavy atom. The number of rotatable bonds is 4. The highest BCUT2D eigenvalue weighted by atomic mass is 32.2. The van der Waals surface area contributed by atoms with Crippen LogP contribution >= 0.6 is 11.3 Å². The molecule has 0 bridgehead atoms. The second kappa shape index (κ2) is 7.02. The molecule has 1 aliphatic heterocycles. The van der Waals surface area contributed by atoms with E-state index in [-0.39, 0.29) is 10.8 Å². The molecule has 146 valence electrons. The van der Waals surface area contributed by atoms with Gasteiger partial charge in [0, 0.05) is 31.1 Å². The van der Waals surface area contributed by atoms with Gasteiger partial charge < -0.3 is 5.32 Å². The zero-order chi connectivity index (χ0) is 19.9. The van der Waals surface area contributed by atoms with Crippen LogP contribution in [-0.2, 0) is 17.1 Å². The van der Waals surface area contributed by atoms with Gasteiger partial charge in [-0.05, 0) is 37.6 Å². The summed E-state index contributed by atoms with van der Waals surface area (Å²) in [5, 5.41) is 8.04. The van der Waals surface area contributed by atoms with Crippen molar-refractivity contribution in [3.05, 3.63) is 40.9 Å². The molecule has 10 heteroatoms. The maximum Gasteiger partial charge on any atom is 0.265 e. The van der Waals surface area contributed by atoms with Gasteiger partial charge in [0.25, 0.3) is 15.9 Å². The van der Waals surface area contributed by atoms with Crippen molar-refractivity contribution in [3.8, 4) is 0 Å². The number of carbonyl (C=O) groups is 1. The first-order valence-electron chi connectivity index (χ1n) is 8.74. The van der Waals surface area contributed by atoms with Gasteiger partial charge in [0.2, 0.25) is 0 Å². The van der Waals surface area contributed by atoms with Crippen molar-refractivity contribution in [1.82, 2.24) is 14.5 Å². The van der Waals surface area contributed by atoms with Crippen LogP contribution in [-0.4, -0.2) is 36.5 Å². The number of sulfonamides is 1. The number of hydrogen-bond acceptors (Lipinski definition) is 6. The van der Waals surface area contributed by atoms with Crippen LogP contribution in [0.2, 0.25) is 0 Å². The number of aliphatic imine (C=N–C) groups is 1. The lowest BCUT2D eigenvalue weighted by molar-refractivity contribution is 0.103. The van der Waals surface area contributed by atoms with Crippen molar-refractivity contribution in [2.45, 2.75) is 24.7 Å². The zero-order valence-corrected chi connectivity index (χ0v) is 17.0. The van der Waals surface area contributed by atoms with Gasteiger partial charge in [0.15, 0.2) is 0 Å². The Morgan fingerprint density at radius 1 is 1.29 bits per heavy atom. The van der Waals surface area contributed by atoms with Crippen LogP contribution in [0.15, 0.2) is 40.2 Å². The van der Waals surface area contributed by atoms with Crippen LogP contribution < -0.4 is 10.0 Å². The number of hydrogen-bond donors (Lipinski definition) is 2. The number of aromatic nitrogens is 2. The standard InChI is InChI=1S/C18H19N5O3S2/c1-11-14-10-15(27-18(14)23(2)21-11)17(24)20-12-5-3-6-13(9-12)28(25,26)22-16-7-4-8-19-16/h3,5-6,9-10H,4,7-8H2,1-2H3,(H,19,22)(H,20,24). The molecule has 2 N–H and O–H groups in total. The summed E-state index contributed by atoms with van der Waals surface area (Å²) in [5.41, 5.74) is 1.27. The number of benzene rings is 1. The fourth-order valence-corrected chi connectivity index (χ4v) is 5.24. The Morgan fingerprint density at radius 3 is 2.82 bits per heavy atom. The molecule has 8 nitrogen and oxygen atoms in total. The van der Waals surface area contributed by atoms with Gasteiger partial charge in [-0.25, -0.2) is 8.42 Å². The molecular weight excluding hydrogens is 398 g/mol. The molecule has 1 aromatic carbocycles. The molecule has 0 atom stereocenters. The smallest absolute Gasteiger partial charge is 0.265 e. The summed E-state index contributed by atoms with van der Waals surface area (Å²) >= 11 is 1.35. The third-order valence-corrected chi connectivity index (χ3v) is 7.03. The quantitative estimate of drug-likeness (QED) is 0.681. The molecular formula is C18H19N5O3S2. The lowest BCUT2D eigenvalue weighted by Gasteiger charge is -2.09. The summed E-state index contributed by atoms with van der Waals surface area (Å²) in [6.45, 7) is 2.53. The third kappa shape index (κ3) is 3.52. The molecule has 1 aliphatic rings. The summed E-state index contributed by atoms with van der Waals surface area (Å²) < 4.78 is 29.3. The van der Waals surface area contributed by atoms with E-state index < -0.39 is 10.0 Å². The maximum atomic E-state index is 12.6. The van der Waals surface area contributed by atoms with Crippen LogP contribution in [0.25, 0.3) is 10.2 Å². The van der Waals surface area contributed by atoms with E-state index >= 15 is 0 Å². The van der Waals surface area contributed by atoms with E-state index in [1.165, 1.54) is 23.5 Å². The molecule has 0 radical (unpaired) electrons. The molecule has 0 unspecified atom stereocenters. The number of fused-ring (bicyclic) bond motifs is 1. The van der Waals surface area contributed by atoms with Crippen LogP contribution in [0.4, 0.5) is 5.69 Å². The Kier molecular flexibility index (Phi) is 4.68. The van der Waals surface area contributed by atoms with E-state index in [1.807, 2.05) is 14.0 Å². The van der Waals surface area contributed by atoms with Crippen molar-refractivity contribution >= 4 is 49.0 Å². The van der Waals surface area contributed by atoms with E-state index in [4.69, 9.17) is 0 Å². The van der Waals surface area contributed by atoms with Crippen molar-refractivity contribution in [2.75, 3.05) is 11.9 Å². The zero-order valence-electron chi connectivity index (χ0n) is 15.4. The highest BCUT2D eigenvalue weighted by molar-refractivity contribution is 7.90. The number of aryl methyl sites for hydroxylation is 2. The Labute approximate surface area is 166 Å².